The van der Waals surface area contributed by atoms with E-state index in [2.05, 4.69) is 0 Å². The van der Waals surface area contributed by atoms with Crippen LogP contribution < -0.4 is 15.2 Å². The van der Waals surface area contributed by atoms with Crippen LogP contribution in [0.3, 0.4) is 0 Å². The maximum absolute atomic E-state index is 11.3. The van der Waals surface area contributed by atoms with Gasteiger partial charge in [-0.05, 0) is 31.0 Å². The van der Waals surface area contributed by atoms with Gasteiger partial charge in [0.25, 0.3) is 0 Å². The van der Waals surface area contributed by atoms with Crippen LogP contribution >= 0.6 is 0 Å². The fraction of sp³-hybridized carbons (Fsp3) is 0.500. The summed E-state index contributed by atoms with van der Waals surface area (Å²) in [6, 6.07) is 5.43. The fourth-order valence-electron chi connectivity index (χ4n) is 1.96. The fourth-order valence-corrected chi connectivity index (χ4v) is 1.96. The van der Waals surface area contributed by atoms with Gasteiger partial charge in [-0.15, -0.1) is 0 Å². The van der Waals surface area contributed by atoms with Crippen molar-refractivity contribution in [1.29, 1.82) is 0 Å². The Morgan fingerprint density at radius 2 is 2.11 bits per heavy atom. The molecule has 2 N–H and O–H groups in total. The topological polar surface area (TPSA) is 70.8 Å². The lowest BCUT2D eigenvalue weighted by Gasteiger charge is -2.20. The molecule has 0 fully saturated rings. The third kappa shape index (κ3) is 3.61. The van der Waals surface area contributed by atoms with E-state index in [0.29, 0.717) is 32.7 Å². The zero-order chi connectivity index (χ0) is 13.7. The Kier molecular flexibility index (Phi) is 4.63. The van der Waals surface area contributed by atoms with Gasteiger partial charge >= 0.3 is 5.97 Å². The molecular formula is C14H19NO4. The van der Waals surface area contributed by atoms with Crippen molar-refractivity contribution in [3.8, 4) is 11.5 Å². The molecule has 1 aliphatic rings. The normalized spacial score (nSPS) is 14.8. The van der Waals surface area contributed by atoms with E-state index in [-0.39, 0.29) is 12.0 Å². The molecule has 0 spiro atoms. The number of esters is 1. The van der Waals surface area contributed by atoms with Crippen molar-refractivity contribution < 1.29 is 19.0 Å². The molecule has 0 radical (unpaired) electrons. The predicted molar refractivity (Wildman–Crippen MR) is 70.2 cm³/mol. The molecule has 1 aromatic rings. The predicted octanol–water partition coefficient (Wildman–Crippen LogP) is 1.80. The highest BCUT2D eigenvalue weighted by atomic mass is 16.6. The van der Waals surface area contributed by atoms with E-state index in [9.17, 15) is 4.79 Å². The summed E-state index contributed by atoms with van der Waals surface area (Å²) < 4.78 is 15.8. The van der Waals surface area contributed by atoms with E-state index >= 15 is 0 Å². The van der Waals surface area contributed by atoms with Gasteiger partial charge in [0.05, 0.1) is 6.61 Å². The molecular weight excluding hydrogens is 246 g/mol. The Labute approximate surface area is 112 Å². The number of benzene rings is 1. The summed E-state index contributed by atoms with van der Waals surface area (Å²) in [5.41, 5.74) is 7.01. The highest BCUT2D eigenvalue weighted by Gasteiger charge is 2.15. The number of ether oxygens (including phenoxy) is 3. The van der Waals surface area contributed by atoms with Crippen molar-refractivity contribution in [3.05, 3.63) is 23.8 Å². The average molecular weight is 265 g/mol. The molecule has 1 aromatic carbocycles. The van der Waals surface area contributed by atoms with Crippen LogP contribution in [0.5, 0.6) is 11.5 Å². The zero-order valence-corrected chi connectivity index (χ0v) is 11.1. The monoisotopic (exact) mass is 265 g/mol. The van der Waals surface area contributed by atoms with Crippen LogP contribution in [-0.4, -0.2) is 25.8 Å². The van der Waals surface area contributed by atoms with Gasteiger partial charge in [-0.25, -0.2) is 0 Å². The zero-order valence-electron chi connectivity index (χ0n) is 11.1. The Morgan fingerprint density at radius 1 is 1.37 bits per heavy atom. The lowest BCUT2D eigenvalue weighted by Crippen LogP contribution is -2.17. The van der Waals surface area contributed by atoms with Crippen LogP contribution in [0.25, 0.3) is 0 Å². The van der Waals surface area contributed by atoms with Crippen LogP contribution in [0.2, 0.25) is 0 Å². The number of carbonyl (C=O) groups is 1. The van der Waals surface area contributed by atoms with E-state index in [4.69, 9.17) is 19.9 Å². The number of rotatable bonds is 5. The molecule has 0 aliphatic carbocycles. The third-order valence-electron chi connectivity index (χ3n) is 2.96. The summed E-state index contributed by atoms with van der Waals surface area (Å²) in [6.07, 6.45) is 0.877. The third-order valence-corrected chi connectivity index (χ3v) is 2.96. The smallest absolute Gasteiger partial charge is 0.305 e. The van der Waals surface area contributed by atoms with Gasteiger partial charge in [0.1, 0.15) is 13.2 Å². The second kappa shape index (κ2) is 6.43. The minimum absolute atomic E-state index is 0.208. The van der Waals surface area contributed by atoms with E-state index in [1.165, 1.54) is 0 Å². The molecule has 104 valence electrons. The molecule has 0 aromatic heterocycles. The van der Waals surface area contributed by atoms with Crippen LogP contribution in [0.1, 0.15) is 31.4 Å². The van der Waals surface area contributed by atoms with Gasteiger partial charge in [0.2, 0.25) is 0 Å². The highest BCUT2D eigenvalue weighted by Crippen LogP contribution is 2.32. The molecule has 5 heteroatoms. The van der Waals surface area contributed by atoms with Crippen LogP contribution in [0, 0.1) is 0 Å². The Hall–Kier alpha value is -1.75. The molecule has 2 rings (SSSR count). The molecule has 1 aliphatic heterocycles. The van der Waals surface area contributed by atoms with Gasteiger partial charge in [0.15, 0.2) is 11.5 Å². The molecule has 5 nitrogen and oxygen atoms in total. The maximum atomic E-state index is 11.3. The van der Waals surface area contributed by atoms with Gasteiger partial charge in [0, 0.05) is 12.5 Å². The number of hydrogen-bond acceptors (Lipinski definition) is 5. The van der Waals surface area contributed by atoms with Crippen molar-refractivity contribution >= 4 is 5.97 Å². The summed E-state index contributed by atoms with van der Waals surface area (Å²) >= 11 is 0. The van der Waals surface area contributed by atoms with Crippen molar-refractivity contribution in [3.63, 3.8) is 0 Å². The number of fused-ring (bicyclic) bond motifs is 1. The first-order chi connectivity index (χ1) is 9.20. The standard InChI is InChI=1S/C14H19NO4/c1-2-17-14(16)6-4-11(15)10-3-5-12-13(9-10)19-8-7-18-12/h3,5,9,11H,2,4,6-8,15H2,1H3. The molecule has 0 saturated heterocycles. The summed E-state index contributed by atoms with van der Waals surface area (Å²) in [7, 11) is 0. The van der Waals surface area contributed by atoms with Gasteiger partial charge < -0.3 is 19.9 Å². The minimum Gasteiger partial charge on any atom is -0.486 e. The highest BCUT2D eigenvalue weighted by molar-refractivity contribution is 5.69. The van der Waals surface area contributed by atoms with E-state index in [1.807, 2.05) is 18.2 Å². The van der Waals surface area contributed by atoms with E-state index in [1.54, 1.807) is 6.92 Å². The van der Waals surface area contributed by atoms with Crippen LogP contribution in [-0.2, 0) is 9.53 Å². The number of nitrogens with two attached hydrogens (primary N) is 1. The first-order valence-electron chi connectivity index (χ1n) is 6.51. The molecule has 0 bridgehead atoms. The van der Waals surface area contributed by atoms with Crippen molar-refractivity contribution in [2.45, 2.75) is 25.8 Å². The minimum atomic E-state index is -0.213. The summed E-state index contributed by atoms with van der Waals surface area (Å²) in [6.45, 7) is 3.31. The molecule has 0 amide bonds. The quantitative estimate of drug-likeness (QED) is 0.822. The lowest BCUT2D eigenvalue weighted by atomic mass is 10.0. The van der Waals surface area contributed by atoms with Gasteiger partial charge in [-0.1, -0.05) is 6.07 Å². The second-order valence-corrected chi connectivity index (χ2v) is 4.35. The summed E-state index contributed by atoms with van der Waals surface area (Å²) in [5, 5.41) is 0. The average Bonchev–Trinajstić information content (AvgIpc) is 2.44. The van der Waals surface area contributed by atoms with Crippen molar-refractivity contribution in [2.75, 3.05) is 19.8 Å². The van der Waals surface area contributed by atoms with E-state index < -0.39 is 0 Å². The summed E-state index contributed by atoms with van der Waals surface area (Å²) in [4.78, 5) is 11.3. The van der Waals surface area contributed by atoms with Gasteiger partial charge in [-0.3, -0.25) is 4.79 Å². The Balaban J connectivity index is 1.95. The molecule has 1 unspecified atom stereocenters. The Bertz CT molecular complexity index is 447. The molecule has 1 heterocycles. The maximum Gasteiger partial charge on any atom is 0.305 e. The molecule has 19 heavy (non-hydrogen) atoms. The molecule has 0 saturated carbocycles. The van der Waals surface area contributed by atoms with Crippen molar-refractivity contribution in [1.82, 2.24) is 0 Å². The second-order valence-electron chi connectivity index (χ2n) is 4.35. The molecule has 1 atom stereocenters. The number of hydrogen-bond donors (Lipinski definition) is 1. The van der Waals surface area contributed by atoms with Gasteiger partial charge in [-0.2, -0.15) is 0 Å². The SMILES string of the molecule is CCOC(=O)CCC(N)c1ccc2c(c1)OCCO2. The first kappa shape index (κ1) is 13.7. The largest absolute Gasteiger partial charge is 0.486 e. The number of carbonyl (C=O) groups excluding carboxylic acids is 1. The summed E-state index contributed by atoms with van der Waals surface area (Å²) in [5.74, 6) is 1.25. The Morgan fingerprint density at radius 3 is 2.84 bits per heavy atom. The van der Waals surface area contributed by atoms with Crippen LogP contribution in [0.4, 0.5) is 0 Å². The van der Waals surface area contributed by atoms with Crippen molar-refractivity contribution in [2.24, 2.45) is 5.73 Å². The van der Waals surface area contributed by atoms with E-state index in [0.717, 1.165) is 17.1 Å². The lowest BCUT2D eigenvalue weighted by molar-refractivity contribution is -0.143. The van der Waals surface area contributed by atoms with Crippen LogP contribution in [0.15, 0.2) is 18.2 Å². The first-order valence-corrected chi connectivity index (χ1v) is 6.51.